The Morgan fingerprint density at radius 1 is 0.610 bits per heavy atom. The highest BCUT2D eigenvalue weighted by Gasteiger charge is 2.47. The molecule has 556 valence electrons. The van der Waals surface area contributed by atoms with Crippen LogP contribution in [-0.2, 0) is 64.2 Å². The number of thioether (sulfide) groups is 2. The summed E-state index contributed by atoms with van der Waals surface area (Å²) in [5.41, 5.74) is 13.6. The zero-order chi connectivity index (χ0) is 71.4. The summed E-state index contributed by atoms with van der Waals surface area (Å²) in [6, 6.07) is -3.75. The average molecular weight is 1440 g/mol. The van der Waals surface area contributed by atoms with Gasteiger partial charge in [0.2, 0.25) is 59.1 Å². The van der Waals surface area contributed by atoms with E-state index in [-0.39, 0.29) is 106 Å². The number of carboxylic acids is 1. The van der Waals surface area contributed by atoms with E-state index in [0.29, 0.717) is 121 Å². The summed E-state index contributed by atoms with van der Waals surface area (Å²) in [4.78, 5) is 159. The molecule has 17 atom stereocenters. The molecule has 7 fully saturated rings. The molecule has 5 heterocycles. The Balaban J connectivity index is 1.02. The number of nitrogens with one attached hydrogen (secondary N) is 12. The maximum Gasteiger partial charge on any atom is 0.305 e. The van der Waals surface area contributed by atoms with Crippen LogP contribution in [0.5, 0.6) is 0 Å². The molecule has 1 aromatic carbocycles. The van der Waals surface area contributed by atoms with Gasteiger partial charge in [-0.2, -0.15) is 23.5 Å². The van der Waals surface area contributed by atoms with E-state index in [1.807, 2.05) is 24.3 Å². The standard InChI is InChI=1S/C68H105F2N15O13S2/c69-42-11-15-48-46(25-42)40(29-74-48)23-51-63(93)80-52(24-41-30-75-49-16-12-43(70)26-47(41)49)64(94)82-54(28-60(89)90)66(96)81-53(27-44-31-73-36-77-44)65(95)83-55(22-37-9-13-45(86)14-10-37)68(98)85-19-4-8-57(85)67(97)84-56(61(72)91)35-100-34-39-6-3-5-38(21-39)33-99-20-17-58(87)78-50(7-1-2-18-71)62(92)76-32-59(88)79-51/h3,5-6,21,37,40-57,73-75,77,86H,1-2,4,7-20,22-36,71H2,(H2,72,91)(H,76,92)(H,78,87)(H,79,88)(H,80,93)(H,81,96)(H,82,94)(H,83,95)(H,84,97)(H,89,90)/t37?,40?,41?,42?,43?,44?,45?,46?,47?,48?,49?,50-,51-,52-,53-,54-,55+,56-,57-/m0/s1. The Hall–Kier alpha value is -6.29. The van der Waals surface area contributed by atoms with Crippen LogP contribution in [0.1, 0.15) is 146 Å². The first kappa shape index (κ1) is 77.9. The number of fused-ring (bicyclic) bond motifs is 5. The van der Waals surface area contributed by atoms with Crippen molar-refractivity contribution in [3.8, 4) is 0 Å². The predicted octanol–water partition coefficient (Wildman–Crippen LogP) is -0.771. The summed E-state index contributed by atoms with van der Waals surface area (Å²) < 4.78 is 30.4. The van der Waals surface area contributed by atoms with E-state index in [1.165, 1.54) is 28.4 Å². The fourth-order valence-electron chi connectivity index (χ4n) is 16.0. The van der Waals surface area contributed by atoms with Gasteiger partial charge in [-0.3, -0.25) is 52.7 Å². The second-order valence-corrected chi connectivity index (χ2v) is 30.9. The van der Waals surface area contributed by atoms with Crippen molar-refractivity contribution in [2.45, 2.75) is 231 Å². The summed E-state index contributed by atoms with van der Waals surface area (Å²) in [7, 11) is 0. The van der Waals surface area contributed by atoms with Crippen molar-refractivity contribution in [2.75, 3.05) is 57.4 Å². The number of alkyl halides is 2. The number of benzene rings is 1. The van der Waals surface area contributed by atoms with E-state index in [2.05, 4.69) is 63.8 Å². The lowest BCUT2D eigenvalue weighted by molar-refractivity contribution is -0.143. The Morgan fingerprint density at radius 2 is 1.20 bits per heavy atom. The third-order valence-electron chi connectivity index (χ3n) is 21.4. The topological polar surface area (TPSA) is 428 Å². The van der Waals surface area contributed by atoms with E-state index in [4.69, 9.17) is 11.5 Å². The van der Waals surface area contributed by atoms with Gasteiger partial charge in [-0.1, -0.05) is 24.3 Å². The highest BCUT2D eigenvalue weighted by Crippen LogP contribution is 2.40. The smallest absolute Gasteiger partial charge is 0.305 e. The SMILES string of the molecule is NCCCC[C@@H]1NC(=O)CCSCc2cccc(c2)CSC[C@@H](C(N)=O)NC(=O)[C@@H]2CCCN2C(=O)[C@@H](CC2CCC(O)CC2)NC(=O)[C@H](CC2CNCN2)NC(=O)[C@H](CC(=O)O)NC(=O)[C@H](CC2CNC3CCC(F)CC23)NC(=O)[C@H](CC2CNC3CCC(F)CC23)NC(=O)CNC1=O. The van der Waals surface area contributed by atoms with Gasteiger partial charge in [-0.15, -0.1) is 0 Å². The number of hydrogen-bond acceptors (Lipinski definition) is 19. The maximum atomic E-state index is 15.3. The molecule has 32 heteroatoms. The highest BCUT2D eigenvalue weighted by molar-refractivity contribution is 7.98. The van der Waals surface area contributed by atoms with Crippen LogP contribution >= 0.6 is 23.5 Å². The van der Waals surface area contributed by atoms with E-state index in [0.717, 1.165) is 11.1 Å². The van der Waals surface area contributed by atoms with Crippen molar-refractivity contribution in [2.24, 2.45) is 41.1 Å². The lowest BCUT2D eigenvalue weighted by atomic mass is 9.76. The van der Waals surface area contributed by atoms with Crippen LogP contribution < -0.4 is 75.3 Å². The largest absolute Gasteiger partial charge is 0.481 e. The van der Waals surface area contributed by atoms with Gasteiger partial charge in [0, 0.05) is 67.3 Å². The molecule has 100 heavy (non-hydrogen) atoms. The highest BCUT2D eigenvalue weighted by atomic mass is 32.2. The van der Waals surface area contributed by atoms with Crippen molar-refractivity contribution in [3.63, 3.8) is 0 Å². The van der Waals surface area contributed by atoms with Gasteiger partial charge in [-0.25, -0.2) is 8.78 Å². The lowest BCUT2D eigenvalue weighted by Gasteiger charge is -2.34. The molecule has 2 bridgehead atoms. The third-order valence-corrected chi connectivity index (χ3v) is 23.5. The normalized spacial score (nSPS) is 34.9. The molecule has 1 aromatic rings. The van der Waals surface area contributed by atoms with Crippen molar-refractivity contribution >= 4 is 88.6 Å². The molecule has 3 aliphatic carbocycles. The molecule has 4 saturated heterocycles. The first-order chi connectivity index (χ1) is 48.1. The lowest BCUT2D eigenvalue weighted by Crippen LogP contribution is -2.61. The van der Waals surface area contributed by atoms with Crippen LogP contribution in [0, 0.1) is 29.6 Å². The van der Waals surface area contributed by atoms with Crippen molar-refractivity contribution in [1.29, 1.82) is 0 Å². The van der Waals surface area contributed by atoms with Crippen LogP contribution in [0.25, 0.3) is 0 Å². The maximum absolute atomic E-state index is 15.3. The third kappa shape index (κ3) is 22.9. The van der Waals surface area contributed by atoms with Crippen molar-refractivity contribution < 1.29 is 71.7 Å². The fraction of sp³-hybridized carbons (Fsp3) is 0.750. The molecule has 3 saturated carbocycles. The number of aliphatic hydroxyl groups is 1. The minimum Gasteiger partial charge on any atom is -0.481 e. The number of rotatable bonds is 15. The molecule has 9 rings (SSSR count). The monoisotopic (exact) mass is 1440 g/mol. The molecule has 8 aliphatic rings. The number of aliphatic hydroxyl groups excluding tert-OH is 1. The first-order valence-corrected chi connectivity index (χ1v) is 38.4. The van der Waals surface area contributed by atoms with Crippen LogP contribution in [-0.4, -0.2) is 223 Å². The van der Waals surface area contributed by atoms with Gasteiger partial charge in [0.15, 0.2) is 0 Å². The van der Waals surface area contributed by atoms with Gasteiger partial charge in [-0.05, 0) is 182 Å². The second-order valence-electron chi connectivity index (χ2n) is 28.7. The molecule has 5 aliphatic heterocycles. The molecular formula is C68H105F2N15O13S2. The van der Waals surface area contributed by atoms with Gasteiger partial charge >= 0.3 is 5.97 Å². The Bertz CT molecular complexity index is 3010. The van der Waals surface area contributed by atoms with Crippen LogP contribution in [0.2, 0.25) is 0 Å². The number of aliphatic carboxylic acids is 1. The number of unbranched alkanes of at least 4 members (excludes halogenated alkanes) is 1. The van der Waals surface area contributed by atoms with Gasteiger partial charge in [0.05, 0.1) is 19.1 Å². The summed E-state index contributed by atoms with van der Waals surface area (Å²) in [5, 5.41) is 56.0. The molecule has 10 amide bonds. The number of primary amides is 1. The first-order valence-electron chi connectivity index (χ1n) is 36.1. The van der Waals surface area contributed by atoms with Gasteiger partial charge < -0.3 is 90.4 Å². The van der Waals surface area contributed by atoms with Crippen molar-refractivity contribution in [3.05, 3.63) is 35.4 Å². The number of nitrogens with zero attached hydrogens (tertiary/aromatic N) is 1. The van der Waals surface area contributed by atoms with Crippen molar-refractivity contribution in [1.82, 2.24) is 68.7 Å². The van der Waals surface area contributed by atoms with Crippen LogP contribution in [0.4, 0.5) is 8.78 Å². The zero-order valence-corrected chi connectivity index (χ0v) is 58.6. The zero-order valence-electron chi connectivity index (χ0n) is 57.0. The number of amides is 10. The molecule has 0 radical (unpaired) electrons. The Kier molecular flexibility index (Phi) is 29.8. The molecule has 9 unspecified atom stereocenters. The Morgan fingerprint density at radius 3 is 1.81 bits per heavy atom. The quantitative estimate of drug-likeness (QED) is 0.0959. The average Bonchev–Trinajstić information content (AvgIpc) is 1.64. The molecule has 0 aromatic heterocycles. The molecule has 18 N–H and O–H groups in total. The number of nitrogens with two attached hydrogens (primary N) is 2. The number of carbonyl (C=O) groups is 11. The van der Waals surface area contributed by atoms with E-state index >= 15 is 28.0 Å². The minimum absolute atomic E-state index is 0.0410. The van der Waals surface area contributed by atoms with Gasteiger partial charge in [0.25, 0.3) is 0 Å². The number of halogens is 2. The summed E-state index contributed by atoms with van der Waals surface area (Å²) in [6.07, 6.45) is 1.92. The summed E-state index contributed by atoms with van der Waals surface area (Å²) in [6.45, 7) is 1.18. The number of carboxylic acid groups (broad SMARTS) is 1. The summed E-state index contributed by atoms with van der Waals surface area (Å²) >= 11 is 2.86. The van der Waals surface area contributed by atoms with E-state index in [1.54, 1.807) is 0 Å². The van der Waals surface area contributed by atoms with Crippen LogP contribution in [0.3, 0.4) is 0 Å². The van der Waals surface area contributed by atoms with E-state index in [9.17, 15) is 43.8 Å². The predicted molar refractivity (Wildman–Crippen MR) is 370 cm³/mol. The molecule has 0 spiro atoms. The van der Waals surface area contributed by atoms with E-state index < -0.39 is 157 Å². The minimum atomic E-state index is -1.90. The van der Waals surface area contributed by atoms with Crippen LogP contribution in [0.15, 0.2) is 24.3 Å². The summed E-state index contributed by atoms with van der Waals surface area (Å²) in [5.74, 6) is -9.24. The number of hydrogen-bond donors (Lipinski definition) is 16. The second kappa shape index (κ2) is 38.3. The van der Waals surface area contributed by atoms with Gasteiger partial charge in [0.1, 0.15) is 60.7 Å². The fourth-order valence-corrected chi connectivity index (χ4v) is 17.9. The number of carbonyl (C=O) groups excluding carboxylic acids is 10. The molecule has 28 nitrogen and oxygen atoms in total. The Labute approximate surface area is 591 Å². The molecular weight excluding hydrogens is 1340 g/mol.